The van der Waals surface area contributed by atoms with Crippen molar-refractivity contribution in [2.45, 2.75) is 25.9 Å². The van der Waals surface area contributed by atoms with Crippen LogP contribution in [0, 0.1) is 0 Å². The van der Waals surface area contributed by atoms with Crippen LogP contribution < -0.4 is 9.80 Å². The number of aromatic nitrogens is 1. The number of hydrogen-bond donors (Lipinski definition) is 0. The molecule has 0 radical (unpaired) electrons. The molecule has 1 aliphatic rings. The van der Waals surface area contributed by atoms with E-state index in [-0.39, 0.29) is 12.5 Å². The summed E-state index contributed by atoms with van der Waals surface area (Å²) in [5.74, 6) is 0.723. The Labute approximate surface area is 187 Å². The Morgan fingerprint density at radius 3 is 2.68 bits per heavy atom. The molecule has 1 unspecified atom stereocenters. The Balaban J connectivity index is 1.74. The van der Waals surface area contributed by atoms with Crippen LogP contribution in [0.25, 0.3) is 0 Å². The van der Waals surface area contributed by atoms with Crippen molar-refractivity contribution in [1.29, 1.82) is 0 Å². The van der Waals surface area contributed by atoms with Gasteiger partial charge in [0.25, 0.3) is 5.91 Å². The van der Waals surface area contributed by atoms with Crippen LogP contribution in [-0.2, 0) is 9.53 Å². The fraction of sp³-hybridized carbons (Fsp3) is 0.435. The highest BCUT2D eigenvalue weighted by atomic mass is 32.2. The zero-order valence-corrected chi connectivity index (χ0v) is 19.1. The lowest BCUT2D eigenvalue weighted by atomic mass is 10.1. The van der Waals surface area contributed by atoms with Gasteiger partial charge in [-0.3, -0.25) is 4.79 Å². The molecule has 1 fully saturated rings. The molecule has 1 aliphatic heterocycles. The van der Waals surface area contributed by atoms with E-state index in [0.29, 0.717) is 19.5 Å². The second kappa shape index (κ2) is 11.2. The number of piperidine rings is 1. The van der Waals surface area contributed by atoms with Gasteiger partial charge in [-0.05, 0) is 62.4 Å². The molecule has 6 nitrogen and oxygen atoms in total. The standard InChI is InChI=1S/C23H29FN4O2S/c1-4-28(22(29)16-30-2)20-10-8-19(9-11-20)26-23(31-3)17-7-12-21(25-14-17)27-13-5-6-18(24)15-27/h7-12,14,18H,4-6,13,15-16H2,1-3H3. The summed E-state index contributed by atoms with van der Waals surface area (Å²) in [4.78, 5) is 25.1. The average molecular weight is 445 g/mol. The third-order valence-electron chi connectivity index (χ3n) is 5.15. The van der Waals surface area contributed by atoms with Crippen LogP contribution in [-0.4, -0.2) is 61.7 Å². The van der Waals surface area contributed by atoms with E-state index >= 15 is 0 Å². The Morgan fingerprint density at radius 2 is 2.10 bits per heavy atom. The van der Waals surface area contributed by atoms with E-state index < -0.39 is 6.17 Å². The third-order valence-corrected chi connectivity index (χ3v) is 5.87. The van der Waals surface area contributed by atoms with Gasteiger partial charge in [0.2, 0.25) is 0 Å². The smallest absolute Gasteiger partial charge is 0.252 e. The number of carbonyl (C=O) groups is 1. The molecule has 8 heteroatoms. The highest BCUT2D eigenvalue weighted by molar-refractivity contribution is 8.13. The molecule has 31 heavy (non-hydrogen) atoms. The van der Waals surface area contributed by atoms with Crippen LogP contribution in [0.1, 0.15) is 25.3 Å². The van der Waals surface area contributed by atoms with Crippen molar-refractivity contribution < 1.29 is 13.9 Å². The lowest BCUT2D eigenvalue weighted by molar-refractivity contribution is -0.122. The molecule has 0 saturated carbocycles. The van der Waals surface area contributed by atoms with Gasteiger partial charge in [0, 0.05) is 37.6 Å². The molecule has 1 atom stereocenters. The number of alkyl halides is 1. The molecular formula is C23H29FN4O2S. The Morgan fingerprint density at radius 1 is 1.32 bits per heavy atom. The van der Waals surface area contributed by atoms with Gasteiger partial charge in [0.15, 0.2) is 0 Å². The van der Waals surface area contributed by atoms with Crippen molar-refractivity contribution in [3.05, 3.63) is 48.2 Å². The zero-order valence-electron chi connectivity index (χ0n) is 18.3. The minimum absolute atomic E-state index is 0.0524. The number of rotatable bonds is 7. The number of methoxy groups -OCH3 is 1. The van der Waals surface area contributed by atoms with E-state index in [1.54, 1.807) is 22.9 Å². The monoisotopic (exact) mass is 444 g/mol. The molecule has 2 aromatic rings. The van der Waals surface area contributed by atoms with E-state index in [4.69, 9.17) is 9.73 Å². The summed E-state index contributed by atoms with van der Waals surface area (Å²) in [6, 6.07) is 11.5. The van der Waals surface area contributed by atoms with Crippen LogP contribution in [0.4, 0.5) is 21.6 Å². The maximum atomic E-state index is 13.7. The molecule has 1 saturated heterocycles. The van der Waals surface area contributed by atoms with Crippen molar-refractivity contribution >= 4 is 39.9 Å². The molecule has 1 amide bonds. The Bertz CT molecular complexity index is 889. The molecule has 1 aromatic carbocycles. The molecule has 2 heterocycles. The van der Waals surface area contributed by atoms with Gasteiger partial charge in [-0.25, -0.2) is 14.4 Å². The number of benzene rings is 1. The molecule has 0 spiro atoms. The Hall–Kier alpha value is -2.45. The van der Waals surface area contributed by atoms with Crippen LogP contribution >= 0.6 is 11.8 Å². The minimum Gasteiger partial charge on any atom is -0.375 e. The lowest BCUT2D eigenvalue weighted by Gasteiger charge is -2.29. The highest BCUT2D eigenvalue weighted by Gasteiger charge is 2.20. The summed E-state index contributed by atoms with van der Waals surface area (Å²) in [6.45, 7) is 3.80. The van der Waals surface area contributed by atoms with Gasteiger partial charge in [-0.15, -0.1) is 11.8 Å². The maximum absolute atomic E-state index is 13.7. The number of hydrogen-bond acceptors (Lipinski definition) is 6. The summed E-state index contributed by atoms with van der Waals surface area (Å²) in [6.07, 6.45) is 4.47. The van der Waals surface area contributed by atoms with E-state index in [1.807, 2.05) is 54.5 Å². The first-order valence-corrected chi connectivity index (χ1v) is 11.7. The summed E-state index contributed by atoms with van der Waals surface area (Å²) in [5.41, 5.74) is 2.52. The van der Waals surface area contributed by atoms with Crippen LogP contribution in [0.15, 0.2) is 47.6 Å². The van der Waals surface area contributed by atoms with Gasteiger partial charge in [0.1, 0.15) is 23.6 Å². The highest BCUT2D eigenvalue weighted by Crippen LogP contribution is 2.24. The average Bonchev–Trinajstić information content (AvgIpc) is 2.79. The van der Waals surface area contributed by atoms with Gasteiger partial charge in [-0.1, -0.05) is 0 Å². The molecule has 166 valence electrons. The second-order valence-electron chi connectivity index (χ2n) is 7.30. The van der Waals surface area contributed by atoms with Gasteiger partial charge in [0.05, 0.1) is 12.2 Å². The number of amides is 1. The number of nitrogens with zero attached hydrogens (tertiary/aromatic N) is 4. The van der Waals surface area contributed by atoms with Crippen molar-refractivity contribution in [1.82, 2.24) is 4.98 Å². The number of aliphatic imine (C=N–C) groups is 1. The summed E-state index contributed by atoms with van der Waals surface area (Å²) < 4.78 is 18.6. The van der Waals surface area contributed by atoms with E-state index in [1.165, 1.54) is 7.11 Å². The van der Waals surface area contributed by atoms with Crippen LogP contribution in [0.3, 0.4) is 0 Å². The van der Waals surface area contributed by atoms with Crippen molar-refractivity contribution in [2.24, 2.45) is 4.99 Å². The summed E-state index contributed by atoms with van der Waals surface area (Å²) in [7, 11) is 1.51. The van der Waals surface area contributed by atoms with E-state index in [9.17, 15) is 9.18 Å². The van der Waals surface area contributed by atoms with Gasteiger partial charge in [-0.2, -0.15) is 0 Å². The normalized spacial score (nSPS) is 17.0. The largest absolute Gasteiger partial charge is 0.375 e. The van der Waals surface area contributed by atoms with Crippen LogP contribution in [0.5, 0.6) is 0 Å². The first-order valence-electron chi connectivity index (χ1n) is 10.4. The van der Waals surface area contributed by atoms with Gasteiger partial charge >= 0.3 is 0 Å². The van der Waals surface area contributed by atoms with E-state index in [2.05, 4.69) is 4.98 Å². The molecular weight excluding hydrogens is 415 g/mol. The number of likely N-dealkylation sites (N-methyl/N-ethyl adjacent to an activating group) is 1. The predicted molar refractivity (Wildman–Crippen MR) is 127 cm³/mol. The lowest BCUT2D eigenvalue weighted by Crippen LogP contribution is -2.36. The minimum atomic E-state index is -0.782. The topological polar surface area (TPSA) is 58.0 Å². The zero-order chi connectivity index (χ0) is 22.2. The number of pyridine rings is 1. The number of thioether (sulfide) groups is 1. The van der Waals surface area contributed by atoms with Crippen LogP contribution in [0.2, 0.25) is 0 Å². The number of carbonyl (C=O) groups excluding carboxylic acids is 1. The molecule has 0 aliphatic carbocycles. The van der Waals surface area contributed by atoms with E-state index in [0.717, 1.165) is 40.8 Å². The SMILES string of the molecule is CCN(C(=O)COC)c1ccc(N=C(SC)c2ccc(N3CCCC(F)C3)nc2)cc1. The molecule has 3 rings (SSSR count). The predicted octanol–water partition coefficient (Wildman–Crippen LogP) is 4.46. The molecule has 0 N–H and O–H groups in total. The molecule has 0 bridgehead atoms. The molecule has 1 aromatic heterocycles. The van der Waals surface area contributed by atoms with Crippen molar-refractivity contribution in [2.75, 3.05) is 49.4 Å². The quantitative estimate of drug-likeness (QED) is 0.466. The third kappa shape index (κ3) is 6.04. The number of anilines is 2. The van der Waals surface area contributed by atoms with Crippen molar-refractivity contribution in [3.8, 4) is 0 Å². The fourth-order valence-electron chi connectivity index (χ4n) is 3.59. The summed E-state index contributed by atoms with van der Waals surface area (Å²) >= 11 is 1.54. The summed E-state index contributed by atoms with van der Waals surface area (Å²) in [5, 5.41) is 0.844. The van der Waals surface area contributed by atoms with Gasteiger partial charge < -0.3 is 14.5 Å². The Kier molecular flexibility index (Phi) is 8.43. The fourth-order valence-corrected chi connectivity index (χ4v) is 4.14. The first kappa shape index (κ1) is 23.2. The number of halogens is 1. The first-order chi connectivity index (χ1) is 15.0. The number of ether oxygens (including phenoxy) is 1. The van der Waals surface area contributed by atoms with Crippen molar-refractivity contribution in [3.63, 3.8) is 0 Å². The second-order valence-corrected chi connectivity index (χ2v) is 8.09. The maximum Gasteiger partial charge on any atom is 0.252 e.